The normalized spacial score (nSPS) is 19.0. The fourth-order valence-corrected chi connectivity index (χ4v) is 8.02. The van der Waals surface area contributed by atoms with Crippen molar-refractivity contribution in [2.45, 2.75) is 38.2 Å². The lowest BCUT2D eigenvalue weighted by Crippen LogP contribution is -3.15. The summed E-state index contributed by atoms with van der Waals surface area (Å²) in [5, 5.41) is 0. The molecule has 2 aliphatic rings. The Balaban J connectivity index is 1.17. The predicted octanol–water partition coefficient (Wildman–Crippen LogP) is 6.68. The van der Waals surface area contributed by atoms with Crippen LogP contribution in [0.15, 0.2) is 60.7 Å². The van der Waals surface area contributed by atoms with Gasteiger partial charge in [-0.05, 0) is 116 Å². The van der Waals surface area contributed by atoms with Crippen molar-refractivity contribution in [2.24, 2.45) is 5.92 Å². The van der Waals surface area contributed by atoms with Gasteiger partial charge in [-0.1, -0.05) is 48.5 Å². The van der Waals surface area contributed by atoms with Crippen LogP contribution >= 0.6 is 67.8 Å². The number of carbonyl (C=O) groups excluding carboxylic acids is 2. The first kappa shape index (κ1) is 28.3. The first-order valence-corrected chi connectivity index (χ1v) is 16.0. The van der Waals surface area contributed by atoms with Crippen molar-refractivity contribution < 1.29 is 24.0 Å². The molecule has 0 aromatic heterocycles. The maximum atomic E-state index is 13.1. The molecule has 0 radical (unpaired) electrons. The van der Waals surface area contributed by atoms with E-state index in [2.05, 4.69) is 104 Å². The van der Waals surface area contributed by atoms with E-state index in [-0.39, 0.29) is 23.9 Å². The Bertz CT molecular complexity index is 1340. The van der Waals surface area contributed by atoms with Gasteiger partial charge in [0.1, 0.15) is 12.2 Å². The third-order valence-corrected chi connectivity index (χ3v) is 11.4. The molecule has 1 aliphatic carbocycles. The van der Waals surface area contributed by atoms with Gasteiger partial charge in [0.05, 0.1) is 18.7 Å². The SMILES string of the molecule is CC(C)(OC(=O)c1cc(I)cc(I)c1I)C1CC[NH+](C(=O)OCC2c3ccccc3-c3ccccc32)CC1. The van der Waals surface area contributed by atoms with Crippen molar-refractivity contribution in [3.63, 3.8) is 0 Å². The summed E-state index contributed by atoms with van der Waals surface area (Å²) >= 11 is 6.69. The molecule has 38 heavy (non-hydrogen) atoms. The monoisotopic (exact) mass is 848 g/mol. The summed E-state index contributed by atoms with van der Waals surface area (Å²) in [6, 6.07) is 20.7. The van der Waals surface area contributed by atoms with Gasteiger partial charge in [-0.15, -0.1) is 0 Å². The van der Waals surface area contributed by atoms with Crippen LogP contribution in [0.2, 0.25) is 0 Å². The Morgan fingerprint density at radius 3 is 2.11 bits per heavy atom. The summed E-state index contributed by atoms with van der Waals surface area (Å²) < 4.78 is 14.9. The fraction of sp³-hybridized carbons (Fsp3) is 0.333. The second kappa shape index (κ2) is 11.7. The quantitative estimate of drug-likeness (QED) is 0.177. The van der Waals surface area contributed by atoms with Gasteiger partial charge in [-0.3, -0.25) is 0 Å². The van der Waals surface area contributed by atoms with Gasteiger partial charge in [0.15, 0.2) is 0 Å². The van der Waals surface area contributed by atoms with Gasteiger partial charge in [-0.2, -0.15) is 4.79 Å². The predicted molar refractivity (Wildman–Crippen MR) is 173 cm³/mol. The van der Waals surface area contributed by atoms with Crippen LogP contribution in [0.3, 0.4) is 0 Å². The number of ether oxygens (including phenoxy) is 2. The summed E-state index contributed by atoms with van der Waals surface area (Å²) in [5.74, 6) is -0.0493. The molecule has 3 aromatic carbocycles. The molecular weight excluding hydrogens is 819 g/mol. The minimum Gasteiger partial charge on any atom is -0.456 e. The number of halogens is 3. The van der Waals surface area contributed by atoms with Gasteiger partial charge in [0.2, 0.25) is 0 Å². The molecule has 5 nitrogen and oxygen atoms in total. The molecule has 0 atom stereocenters. The van der Waals surface area contributed by atoms with E-state index in [0.717, 1.165) is 28.5 Å². The molecule has 1 fully saturated rings. The van der Waals surface area contributed by atoms with Crippen LogP contribution < -0.4 is 4.90 Å². The van der Waals surface area contributed by atoms with E-state index in [0.29, 0.717) is 25.3 Å². The fourth-order valence-electron chi connectivity index (χ4n) is 5.65. The van der Waals surface area contributed by atoms with Crippen LogP contribution in [0.4, 0.5) is 4.79 Å². The lowest BCUT2D eigenvalue weighted by atomic mass is 9.83. The van der Waals surface area contributed by atoms with E-state index < -0.39 is 5.60 Å². The van der Waals surface area contributed by atoms with Crippen LogP contribution in [0.25, 0.3) is 11.1 Å². The van der Waals surface area contributed by atoms with Crippen molar-refractivity contribution in [3.8, 4) is 11.1 Å². The van der Waals surface area contributed by atoms with Crippen LogP contribution in [-0.2, 0) is 9.47 Å². The average molecular weight is 848 g/mol. The molecule has 5 rings (SSSR count). The van der Waals surface area contributed by atoms with E-state index in [9.17, 15) is 9.59 Å². The summed E-state index contributed by atoms with van der Waals surface area (Å²) in [6.45, 7) is 5.65. The number of fused-ring (bicyclic) bond motifs is 3. The summed E-state index contributed by atoms with van der Waals surface area (Å²) in [6.07, 6.45) is 1.39. The zero-order valence-corrected chi connectivity index (χ0v) is 27.7. The molecule has 0 saturated carbocycles. The zero-order chi connectivity index (χ0) is 27.0. The molecular formula is C30H29I3NO4+. The van der Waals surface area contributed by atoms with Crippen LogP contribution in [0, 0.1) is 16.6 Å². The van der Waals surface area contributed by atoms with Gasteiger partial charge in [0.25, 0.3) is 0 Å². The van der Waals surface area contributed by atoms with Crippen molar-refractivity contribution in [2.75, 3.05) is 19.7 Å². The molecule has 3 aromatic rings. The number of benzene rings is 3. The van der Waals surface area contributed by atoms with Gasteiger partial charge in [0, 0.05) is 35.4 Å². The number of amides is 1. The Kier molecular flexibility index (Phi) is 8.71. The number of alkyl carbamates (subject to hydrolysis) is 2. The number of carbonyl (C=O) groups is 2. The largest absolute Gasteiger partial charge is 0.514 e. The third-order valence-electron chi connectivity index (χ3n) is 7.77. The minimum absolute atomic E-state index is 0.0635. The third kappa shape index (κ3) is 5.78. The summed E-state index contributed by atoms with van der Waals surface area (Å²) in [7, 11) is 0. The number of esters is 1. The Morgan fingerprint density at radius 2 is 1.50 bits per heavy atom. The van der Waals surface area contributed by atoms with Crippen LogP contribution in [0.1, 0.15) is 54.1 Å². The van der Waals surface area contributed by atoms with Crippen molar-refractivity contribution in [3.05, 3.63) is 88.1 Å². The summed E-state index contributed by atoms with van der Waals surface area (Å²) in [4.78, 5) is 27.0. The molecule has 1 saturated heterocycles. The van der Waals surface area contributed by atoms with E-state index in [1.54, 1.807) is 0 Å². The topological polar surface area (TPSA) is 57.0 Å². The number of quaternary nitrogens is 1. The molecule has 0 unspecified atom stereocenters. The first-order valence-electron chi connectivity index (χ1n) is 12.7. The maximum absolute atomic E-state index is 13.1. The first-order chi connectivity index (χ1) is 18.2. The van der Waals surface area contributed by atoms with E-state index in [1.165, 1.54) is 22.3 Å². The van der Waals surface area contributed by atoms with Crippen molar-refractivity contribution in [1.29, 1.82) is 0 Å². The number of rotatable bonds is 5. The van der Waals surface area contributed by atoms with Gasteiger partial charge >= 0.3 is 12.1 Å². The molecule has 0 bridgehead atoms. The molecule has 0 spiro atoms. The summed E-state index contributed by atoms with van der Waals surface area (Å²) in [5.41, 5.74) is 4.87. The van der Waals surface area contributed by atoms with Crippen molar-refractivity contribution in [1.82, 2.24) is 0 Å². The Hall–Kier alpha value is -1.25. The van der Waals surface area contributed by atoms with Crippen LogP contribution in [0.5, 0.6) is 0 Å². The lowest BCUT2D eigenvalue weighted by molar-refractivity contribution is -0.831. The van der Waals surface area contributed by atoms with Crippen molar-refractivity contribution >= 4 is 79.8 Å². The number of hydrogen-bond donors (Lipinski definition) is 1. The van der Waals surface area contributed by atoms with E-state index >= 15 is 0 Å². The second-order valence-electron chi connectivity index (χ2n) is 10.4. The molecule has 1 heterocycles. The smallest absolute Gasteiger partial charge is 0.456 e. The molecule has 1 aliphatic heterocycles. The van der Waals surface area contributed by atoms with Gasteiger partial charge < -0.3 is 9.47 Å². The Morgan fingerprint density at radius 1 is 0.921 bits per heavy atom. The number of hydrogen-bond acceptors (Lipinski definition) is 4. The highest BCUT2D eigenvalue weighted by molar-refractivity contribution is 14.1. The average Bonchev–Trinajstić information content (AvgIpc) is 3.22. The highest BCUT2D eigenvalue weighted by Crippen LogP contribution is 2.44. The van der Waals surface area contributed by atoms with E-state index in [4.69, 9.17) is 9.47 Å². The maximum Gasteiger partial charge on any atom is 0.514 e. The minimum atomic E-state index is -0.625. The number of likely N-dealkylation sites (tertiary alicyclic amines) is 1. The highest BCUT2D eigenvalue weighted by Gasteiger charge is 2.40. The van der Waals surface area contributed by atoms with E-state index in [1.807, 2.05) is 38.1 Å². The molecule has 1 N–H and O–H groups in total. The number of piperidine rings is 1. The molecule has 198 valence electrons. The van der Waals surface area contributed by atoms with Crippen LogP contribution in [-0.4, -0.2) is 37.4 Å². The Labute approximate surface area is 264 Å². The highest BCUT2D eigenvalue weighted by atomic mass is 127. The standard InChI is InChI=1S/C30H28I3NO4/c1-30(2,38-28(35)24-15-19(31)16-26(32)27(24)33)18-11-13-34(14-12-18)29(36)37-17-25-22-9-5-3-7-20(22)21-8-4-6-10-23(21)25/h3-10,15-16,18,25H,11-14,17H2,1-2H3/p+1. The molecule has 1 amide bonds. The second-order valence-corrected chi connectivity index (χ2v) is 13.9. The number of nitrogens with one attached hydrogen (secondary N) is 1. The van der Waals surface area contributed by atoms with Gasteiger partial charge in [-0.25, -0.2) is 9.69 Å². The lowest BCUT2D eigenvalue weighted by Gasteiger charge is -2.37. The molecule has 8 heteroatoms. The zero-order valence-electron chi connectivity index (χ0n) is 21.2.